The van der Waals surface area contributed by atoms with Gasteiger partial charge in [-0.05, 0) is 18.2 Å². The van der Waals surface area contributed by atoms with Gasteiger partial charge in [-0.2, -0.15) is 0 Å². The molecule has 0 saturated carbocycles. The maximum Gasteiger partial charge on any atom is 0.146 e. The minimum atomic E-state index is -0.183. The first-order chi connectivity index (χ1) is 9.80. The van der Waals surface area contributed by atoms with Crippen molar-refractivity contribution >= 4 is 11.3 Å². The maximum atomic E-state index is 5.99. The summed E-state index contributed by atoms with van der Waals surface area (Å²) in [6.07, 6.45) is 5.67. The van der Waals surface area contributed by atoms with Crippen molar-refractivity contribution in [2.75, 3.05) is 20.8 Å². The number of allylic oxidation sites excluding steroid dienone is 2. The van der Waals surface area contributed by atoms with Gasteiger partial charge in [-0.15, -0.1) is 0 Å². The Balaban J connectivity index is 2.46. The normalized spacial score (nSPS) is 19.8. The van der Waals surface area contributed by atoms with E-state index in [4.69, 9.17) is 19.9 Å². The standard InChI is InChI=1S/C16H17NO3/c1-18-11-6-3-5-10-14(9-17)20-13-8-4-7-12(19-2)16(13)15(10)11/h3-8,13H,9,17H2,1-2H3. The van der Waals surface area contributed by atoms with Gasteiger partial charge in [-0.25, -0.2) is 0 Å². The lowest BCUT2D eigenvalue weighted by molar-refractivity contribution is 0.229. The lowest BCUT2D eigenvalue weighted by atomic mass is 9.95. The molecule has 0 bridgehead atoms. The third kappa shape index (κ3) is 1.80. The van der Waals surface area contributed by atoms with Crippen LogP contribution in [0.4, 0.5) is 0 Å². The van der Waals surface area contributed by atoms with Crippen molar-refractivity contribution in [3.8, 4) is 5.75 Å². The lowest BCUT2D eigenvalue weighted by Gasteiger charge is -2.28. The fourth-order valence-electron chi connectivity index (χ4n) is 2.70. The molecular weight excluding hydrogens is 254 g/mol. The highest BCUT2D eigenvalue weighted by atomic mass is 16.5. The van der Waals surface area contributed by atoms with E-state index in [9.17, 15) is 0 Å². The van der Waals surface area contributed by atoms with E-state index < -0.39 is 0 Å². The maximum absolute atomic E-state index is 5.99. The van der Waals surface area contributed by atoms with Crippen LogP contribution in [0.5, 0.6) is 5.75 Å². The Bertz CT molecular complexity index is 716. The van der Waals surface area contributed by atoms with Crippen molar-refractivity contribution in [1.82, 2.24) is 0 Å². The highest BCUT2D eigenvalue weighted by Crippen LogP contribution is 2.27. The van der Waals surface area contributed by atoms with Gasteiger partial charge >= 0.3 is 0 Å². The molecule has 0 aromatic heterocycles. The molecule has 0 fully saturated rings. The zero-order valence-corrected chi connectivity index (χ0v) is 11.6. The van der Waals surface area contributed by atoms with Gasteiger partial charge in [0.2, 0.25) is 0 Å². The van der Waals surface area contributed by atoms with E-state index in [0.717, 1.165) is 33.3 Å². The van der Waals surface area contributed by atoms with Crippen LogP contribution in [0.25, 0.3) is 11.3 Å². The van der Waals surface area contributed by atoms with Gasteiger partial charge in [0.05, 0.1) is 26.3 Å². The van der Waals surface area contributed by atoms with Crippen molar-refractivity contribution < 1.29 is 14.2 Å². The van der Waals surface area contributed by atoms with Crippen LogP contribution in [0.2, 0.25) is 0 Å². The fraction of sp³-hybridized carbons (Fsp3) is 0.250. The van der Waals surface area contributed by atoms with Gasteiger partial charge in [0.15, 0.2) is 0 Å². The van der Waals surface area contributed by atoms with E-state index in [1.165, 1.54) is 0 Å². The van der Waals surface area contributed by atoms with Crippen LogP contribution >= 0.6 is 0 Å². The van der Waals surface area contributed by atoms with E-state index in [1.54, 1.807) is 14.2 Å². The Morgan fingerprint density at radius 1 is 1.25 bits per heavy atom. The smallest absolute Gasteiger partial charge is 0.146 e. The number of nitrogens with two attached hydrogens (primary N) is 1. The highest BCUT2D eigenvalue weighted by molar-refractivity contribution is 5.74. The second kappa shape index (κ2) is 5.06. The van der Waals surface area contributed by atoms with Gasteiger partial charge in [0, 0.05) is 10.4 Å². The average Bonchev–Trinajstić information content (AvgIpc) is 2.52. The minimum Gasteiger partial charge on any atom is -0.496 e. The molecule has 1 aliphatic heterocycles. The molecule has 104 valence electrons. The second-order valence-corrected chi connectivity index (χ2v) is 4.58. The Kier molecular flexibility index (Phi) is 3.24. The summed E-state index contributed by atoms with van der Waals surface area (Å²) in [5.74, 6) is 2.36. The number of rotatable bonds is 3. The SMILES string of the molecule is COC1=CC=CC2OC(CN)=c3cccc(OC)c3=C12. The van der Waals surface area contributed by atoms with Gasteiger partial charge in [-0.3, -0.25) is 0 Å². The lowest BCUT2D eigenvalue weighted by Crippen LogP contribution is -2.42. The molecular formula is C16H17NO3. The first-order valence-electron chi connectivity index (χ1n) is 6.50. The van der Waals surface area contributed by atoms with Crippen LogP contribution < -0.4 is 20.9 Å². The molecule has 20 heavy (non-hydrogen) atoms. The second-order valence-electron chi connectivity index (χ2n) is 4.58. The van der Waals surface area contributed by atoms with Crippen LogP contribution in [0.15, 0.2) is 42.2 Å². The number of hydrogen-bond donors (Lipinski definition) is 1. The first kappa shape index (κ1) is 12.8. The third-order valence-corrected chi connectivity index (χ3v) is 3.57. The Hall–Kier alpha value is -2.20. The summed E-state index contributed by atoms with van der Waals surface area (Å²) in [5.41, 5.74) is 6.80. The van der Waals surface area contributed by atoms with Crippen molar-refractivity contribution in [1.29, 1.82) is 0 Å². The third-order valence-electron chi connectivity index (χ3n) is 3.57. The van der Waals surface area contributed by atoms with Gasteiger partial charge in [-0.1, -0.05) is 18.2 Å². The molecule has 1 heterocycles. The molecule has 0 radical (unpaired) electrons. The number of benzene rings is 1. The Labute approximate surface area is 117 Å². The van der Waals surface area contributed by atoms with Gasteiger partial charge in [0.1, 0.15) is 23.4 Å². The Morgan fingerprint density at radius 3 is 2.80 bits per heavy atom. The predicted octanol–water partition coefficient (Wildman–Crippen LogP) is 0.412. The van der Waals surface area contributed by atoms with Crippen molar-refractivity contribution in [2.24, 2.45) is 5.73 Å². The molecule has 4 nitrogen and oxygen atoms in total. The molecule has 1 atom stereocenters. The molecule has 1 aromatic rings. The zero-order chi connectivity index (χ0) is 14.1. The van der Waals surface area contributed by atoms with E-state index >= 15 is 0 Å². The van der Waals surface area contributed by atoms with E-state index in [2.05, 4.69) is 0 Å². The molecule has 0 saturated heterocycles. The number of hydrogen-bond acceptors (Lipinski definition) is 4. The largest absolute Gasteiger partial charge is 0.496 e. The van der Waals surface area contributed by atoms with Gasteiger partial charge < -0.3 is 19.9 Å². The van der Waals surface area contributed by atoms with Crippen LogP contribution in [-0.2, 0) is 9.47 Å². The van der Waals surface area contributed by atoms with Crippen LogP contribution in [-0.4, -0.2) is 26.9 Å². The predicted molar refractivity (Wildman–Crippen MR) is 77.2 cm³/mol. The van der Waals surface area contributed by atoms with Crippen LogP contribution in [0.3, 0.4) is 0 Å². The summed E-state index contributed by atoms with van der Waals surface area (Å²) >= 11 is 0. The molecule has 2 aliphatic rings. The summed E-state index contributed by atoms with van der Waals surface area (Å²) in [7, 11) is 3.32. The monoisotopic (exact) mass is 271 g/mol. The van der Waals surface area contributed by atoms with Crippen molar-refractivity contribution in [3.63, 3.8) is 0 Å². The zero-order valence-electron chi connectivity index (χ0n) is 11.6. The van der Waals surface area contributed by atoms with E-state index in [-0.39, 0.29) is 6.10 Å². The molecule has 0 spiro atoms. The van der Waals surface area contributed by atoms with Gasteiger partial charge in [0.25, 0.3) is 0 Å². The molecule has 0 amide bonds. The molecule has 3 rings (SSSR count). The quantitative estimate of drug-likeness (QED) is 0.865. The summed E-state index contributed by atoms with van der Waals surface area (Å²) in [5, 5.41) is 1.97. The average molecular weight is 271 g/mol. The Morgan fingerprint density at radius 2 is 2.10 bits per heavy atom. The van der Waals surface area contributed by atoms with Crippen molar-refractivity contribution in [3.05, 3.63) is 52.6 Å². The van der Waals surface area contributed by atoms with Crippen molar-refractivity contribution in [2.45, 2.75) is 6.10 Å². The molecule has 1 unspecified atom stereocenters. The van der Waals surface area contributed by atoms with Crippen LogP contribution in [0, 0.1) is 0 Å². The molecule has 1 aromatic carbocycles. The molecule has 2 N–H and O–H groups in total. The number of fused-ring (bicyclic) bond motifs is 2. The highest BCUT2D eigenvalue weighted by Gasteiger charge is 2.27. The fourth-order valence-corrected chi connectivity index (χ4v) is 2.70. The van der Waals surface area contributed by atoms with E-state index in [0.29, 0.717) is 6.54 Å². The van der Waals surface area contributed by atoms with Crippen LogP contribution in [0.1, 0.15) is 0 Å². The minimum absolute atomic E-state index is 0.183. The summed E-state index contributed by atoms with van der Waals surface area (Å²) in [4.78, 5) is 0. The molecule has 1 aliphatic carbocycles. The first-order valence-corrected chi connectivity index (χ1v) is 6.50. The molecule has 4 heteroatoms. The van der Waals surface area contributed by atoms with E-state index in [1.807, 2.05) is 36.4 Å². The number of methoxy groups -OCH3 is 2. The number of ether oxygens (including phenoxy) is 3. The topological polar surface area (TPSA) is 53.7 Å². The summed E-state index contributed by atoms with van der Waals surface area (Å²) in [6, 6.07) is 5.87. The summed E-state index contributed by atoms with van der Waals surface area (Å²) < 4.78 is 17.0. The summed E-state index contributed by atoms with van der Waals surface area (Å²) in [6.45, 7) is 0.351.